The average Bonchev–Trinajstić information content (AvgIpc) is 2.58. The lowest BCUT2D eigenvalue weighted by molar-refractivity contribution is 0.429. The Labute approximate surface area is 82.5 Å². The first-order valence-corrected chi connectivity index (χ1v) is 4.65. The van der Waals surface area contributed by atoms with Crippen LogP contribution in [-0.2, 0) is 5.54 Å². The molecule has 0 aromatic heterocycles. The molecular formula is C11H14FNO. The van der Waals surface area contributed by atoms with E-state index < -0.39 is 11.4 Å². The lowest BCUT2D eigenvalue weighted by atomic mass is 9.97. The van der Waals surface area contributed by atoms with Crippen molar-refractivity contribution in [3.05, 3.63) is 29.6 Å². The normalized spacial score (nSPS) is 28.9. The molecule has 14 heavy (non-hydrogen) atoms. The summed E-state index contributed by atoms with van der Waals surface area (Å²) >= 11 is 0. The highest BCUT2D eigenvalue weighted by Gasteiger charge is 2.59. The zero-order valence-electron chi connectivity index (χ0n) is 8.34. The van der Waals surface area contributed by atoms with Crippen LogP contribution >= 0.6 is 0 Å². The molecule has 76 valence electrons. The average molecular weight is 195 g/mol. The van der Waals surface area contributed by atoms with Gasteiger partial charge in [0.15, 0.2) is 11.6 Å². The second kappa shape index (κ2) is 2.48. The summed E-state index contributed by atoms with van der Waals surface area (Å²) in [6, 6.07) is 4.37. The van der Waals surface area contributed by atoms with E-state index in [1.807, 2.05) is 0 Å². The van der Waals surface area contributed by atoms with Gasteiger partial charge in [-0.1, -0.05) is 19.9 Å². The first-order chi connectivity index (χ1) is 6.37. The first-order valence-electron chi connectivity index (χ1n) is 4.65. The van der Waals surface area contributed by atoms with E-state index in [2.05, 4.69) is 13.8 Å². The Balaban J connectivity index is 2.40. The van der Waals surface area contributed by atoms with Crippen LogP contribution in [0.3, 0.4) is 0 Å². The fourth-order valence-corrected chi connectivity index (χ4v) is 1.93. The molecule has 0 bridgehead atoms. The molecule has 3 N–H and O–H groups in total. The second-order valence-corrected chi connectivity index (χ2v) is 4.70. The van der Waals surface area contributed by atoms with Gasteiger partial charge in [-0.15, -0.1) is 0 Å². The SMILES string of the molecule is CC1(C)CC1(N)c1ccc(O)c(F)c1. The van der Waals surface area contributed by atoms with Crippen molar-refractivity contribution >= 4 is 0 Å². The number of phenols is 1. The fraction of sp³-hybridized carbons (Fsp3) is 0.455. The standard InChI is InChI=1S/C11H14FNO/c1-10(2)6-11(10,13)7-3-4-9(14)8(12)5-7/h3-5,14H,6,13H2,1-2H3. The zero-order valence-corrected chi connectivity index (χ0v) is 8.34. The highest BCUT2D eigenvalue weighted by atomic mass is 19.1. The van der Waals surface area contributed by atoms with Gasteiger partial charge in [-0.2, -0.15) is 0 Å². The minimum Gasteiger partial charge on any atom is -0.505 e. The molecule has 0 aliphatic heterocycles. The molecule has 0 spiro atoms. The molecule has 1 aliphatic carbocycles. The number of rotatable bonds is 1. The molecule has 1 aromatic carbocycles. The van der Waals surface area contributed by atoms with Gasteiger partial charge in [-0.05, 0) is 29.5 Å². The highest BCUT2D eigenvalue weighted by molar-refractivity contribution is 5.38. The molecule has 2 nitrogen and oxygen atoms in total. The van der Waals surface area contributed by atoms with E-state index >= 15 is 0 Å². The number of hydrogen-bond donors (Lipinski definition) is 2. The van der Waals surface area contributed by atoms with E-state index in [0.29, 0.717) is 0 Å². The fourth-order valence-electron chi connectivity index (χ4n) is 1.93. The van der Waals surface area contributed by atoms with Crippen LogP contribution in [-0.4, -0.2) is 5.11 Å². The third-order valence-corrected chi connectivity index (χ3v) is 3.27. The summed E-state index contributed by atoms with van der Waals surface area (Å²) in [5, 5.41) is 9.04. The van der Waals surface area contributed by atoms with Crippen molar-refractivity contribution in [3.8, 4) is 5.75 Å². The molecular weight excluding hydrogens is 181 g/mol. The first kappa shape index (κ1) is 9.46. The number of benzene rings is 1. The van der Waals surface area contributed by atoms with E-state index in [0.717, 1.165) is 12.0 Å². The van der Waals surface area contributed by atoms with E-state index in [9.17, 15) is 4.39 Å². The quantitative estimate of drug-likeness (QED) is 0.721. The molecule has 0 amide bonds. The number of nitrogens with two attached hydrogens (primary N) is 1. The van der Waals surface area contributed by atoms with Crippen molar-refractivity contribution in [1.82, 2.24) is 0 Å². The third-order valence-electron chi connectivity index (χ3n) is 3.27. The predicted octanol–water partition coefficient (Wildman–Crippen LogP) is 2.12. The summed E-state index contributed by atoms with van der Waals surface area (Å²) in [6.45, 7) is 4.11. The van der Waals surface area contributed by atoms with Gasteiger partial charge in [0.05, 0.1) is 0 Å². The minimum absolute atomic E-state index is 0.0242. The van der Waals surface area contributed by atoms with Gasteiger partial charge in [-0.3, -0.25) is 0 Å². The topological polar surface area (TPSA) is 46.2 Å². The van der Waals surface area contributed by atoms with Gasteiger partial charge in [0, 0.05) is 5.54 Å². The van der Waals surface area contributed by atoms with Gasteiger partial charge in [0.25, 0.3) is 0 Å². The summed E-state index contributed by atoms with van der Waals surface area (Å²) in [5.74, 6) is -0.925. The van der Waals surface area contributed by atoms with E-state index in [4.69, 9.17) is 10.8 Å². The number of phenolic OH excluding ortho intramolecular Hbond substituents is 1. The van der Waals surface area contributed by atoms with Crippen molar-refractivity contribution in [3.63, 3.8) is 0 Å². The van der Waals surface area contributed by atoms with Crippen LogP contribution in [0.25, 0.3) is 0 Å². The Bertz CT molecular complexity index is 389. The second-order valence-electron chi connectivity index (χ2n) is 4.70. The van der Waals surface area contributed by atoms with Crippen molar-refractivity contribution in [1.29, 1.82) is 0 Å². The van der Waals surface area contributed by atoms with Crippen LogP contribution in [0, 0.1) is 11.2 Å². The molecule has 1 fully saturated rings. The molecule has 0 saturated heterocycles. The van der Waals surface area contributed by atoms with E-state index in [-0.39, 0.29) is 11.2 Å². The van der Waals surface area contributed by atoms with Gasteiger partial charge >= 0.3 is 0 Å². The maximum absolute atomic E-state index is 13.1. The summed E-state index contributed by atoms with van der Waals surface area (Å²) in [4.78, 5) is 0. The summed E-state index contributed by atoms with van der Waals surface area (Å²) < 4.78 is 13.1. The van der Waals surface area contributed by atoms with Crippen LogP contribution in [0.4, 0.5) is 4.39 Å². The Morgan fingerprint density at radius 2 is 2.00 bits per heavy atom. The van der Waals surface area contributed by atoms with Gasteiger partial charge in [0.1, 0.15) is 0 Å². The van der Waals surface area contributed by atoms with Crippen molar-refractivity contribution in [2.24, 2.45) is 11.1 Å². The molecule has 1 unspecified atom stereocenters. The summed E-state index contributed by atoms with van der Waals surface area (Å²) in [5.41, 5.74) is 6.47. The lowest BCUT2D eigenvalue weighted by Crippen LogP contribution is -2.25. The number of aromatic hydroxyl groups is 1. The summed E-state index contributed by atoms with van der Waals surface area (Å²) in [7, 11) is 0. The Hall–Kier alpha value is -1.09. The Kier molecular flexibility index (Phi) is 1.68. The maximum atomic E-state index is 13.1. The number of hydrogen-bond acceptors (Lipinski definition) is 2. The van der Waals surface area contributed by atoms with Crippen LogP contribution in [0.1, 0.15) is 25.8 Å². The van der Waals surface area contributed by atoms with Crippen molar-refractivity contribution in [2.45, 2.75) is 25.8 Å². The Morgan fingerprint density at radius 3 is 2.43 bits per heavy atom. The predicted molar refractivity (Wildman–Crippen MR) is 52.3 cm³/mol. The van der Waals surface area contributed by atoms with E-state index in [1.165, 1.54) is 12.1 Å². The van der Waals surface area contributed by atoms with Crippen LogP contribution < -0.4 is 5.73 Å². The largest absolute Gasteiger partial charge is 0.505 e. The molecule has 0 heterocycles. The monoisotopic (exact) mass is 195 g/mol. The van der Waals surface area contributed by atoms with Crippen LogP contribution in [0.15, 0.2) is 18.2 Å². The molecule has 3 heteroatoms. The Morgan fingerprint density at radius 1 is 1.43 bits per heavy atom. The third kappa shape index (κ3) is 1.12. The molecule has 0 radical (unpaired) electrons. The molecule has 1 aromatic rings. The molecule has 1 aliphatic rings. The van der Waals surface area contributed by atoms with Gasteiger partial charge in [0.2, 0.25) is 0 Å². The van der Waals surface area contributed by atoms with E-state index in [1.54, 1.807) is 6.07 Å². The van der Waals surface area contributed by atoms with Crippen LogP contribution in [0.5, 0.6) is 5.75 Å². The van der Waals surface area contributed by atoms with Crippen molar-refractivity contribution in [2.75, 3.05) is 0 Å². The molecule has 1 saturated carbocycles. The smallest absolute Gasteiger partial charge is 0.165 e. The van der Waals surface area contributed by atoms with Gasteiger partial charge in [-0.25, -0.2) is 4.39 Å². The summed E-state index contributed by atoms with van der Waals surface area (Å²) in [6.07, 6.45) is 0.851. The van der Waals surface area contributed by atoms with Crippen molar-refractivity contribution < 1.29 is 9.50 Å². The maximum Gasteiger partial charge on any atom is 0.165 e. The zero-order chi connectivity index (χ0) is 10.6. The van der Waals surface area contributed by atoms with Gasteiger partial charge < -0.3 is 10.8 Å². The number of halogens is 1. The minimum atomic E-state index is -0.602. The molecule has 2 rings (SSSR count). The highest BCUT2D eigenvalue weighted by Crippen LogP contribution is 2.60. The lowest BCUT2D eigenvalue weighted by Gasteiger charge is -2.15. The molecule has 1 atom stereocenters. The van der Waals surface area contributed by atoms with Crippen LogP contribution in [0.2, 0.25) is 0 Å².